The summed E-state index contributed by atoms with van der Waals surface area (Å²) < 4.78 is 34.9. The highest BCUT2D eigenvalue weighted by Gasteiger charge is 2.34. The molecule has 3 aromatic rings. The first-order valence-electron chi connectivity index (χ1n) is 15.6. The standard InChI is InChI=1S/C35H45N3O5S/c1-5-33(35(40)36-29-14-8-7-9-15-29)37(24-28-13-11-10-12-27(28)4)34(39)25-38(30-18-20-31(21-19-30)43-6-2)44(41,42)32-22-16-26(3)17-23-32/h10-13,16-23,29,33H,5-9,14-15,24-25H2,1-4H3,(H,36,40)/t33-/m1/s1. The van der Waals surface area contributed by atoms with E-state index in [4.69, 9.17) is 4.74 Å². The first-order valence-corrected chi connectivity index (χ1v) is 17.0. The Morgan fingerprint density at radius 3 is 2.18 bits per heavy atom. The minimum Gasteiger partial charge on any atom is -0.494 e. The Balaban J connectivity index is 1.71. The van der Waals surface area contributed by atoms with E-state index < -0.39 is 28.5 Å². The van der Waals surface area contributed by atoms with Crippen molar-refractivity contribution in [3.8, 4) is 5.75 Å². The molecule has 1 saturated carbocycles. The van der Waals surface area contributed by atoms with Gasteiger partial charge in [-0.25, -0.2) is 8.42 Å². The third-order valence-corrected chi connectivity index (χ3v) is 10.1. The Bertz CT molecular complexity index is 1500. The lowest BCUT2D eigenvalue weighted by Crippen LogP contribution is -2.54. The van der Waals surface area contributed by atoms with E-state index in [0.717, 1.165) is 53.1 Å². The maximum Gasteiger partial charge on any atom is 0.264 e. The van der Waals surface area contributed by atoms with Crippen molar-refractivity contribution in [1.82, 2.24) is 10.2 Å². The van der Waals surface area contributed by atoms with E-state index in [2.05, 4.69) is 5.32 Å². The summed E-state index contributed by atoms with van der Waals surface area (Å²) in [7, 11) is -4.14. The number of hydrogen-bond acceptors (Lipinski definition) is 5. The van der Waals surface area contributed by atoms with Crippen LogP contribution in [-0.4, -0.2) is 50.4 Å². The molecule has 0 heterocycles. The van der Waals surface area contributed by atoms with E-state index in [0.29, 0.717) is 24.5 Å². The maximum atomic E-state index is 14.4. The molecule has 0 radical (unpaired) electrons. The zero-order chi connectivity index (χ0) is 31.7. The molecule has 1 aliphatic rings. The lowest BCUT2D eigenvalue weighted by Gasteiger charge is -2.34. The molecule has 0 unspecified atom stereocenters. The van der Waals surface area contributed by atoms with Gasteiger partial charge in [0.15, 0.2) is 0 Å². The molecule has 0 spiro atoms. The number of sulfonamides is 1. The molecule has 0 aliphatic heterocycles. The van der Waals surface area contributed by atoms with E-state index >= 15 is 0 Å². The number of nitrogens with zero attached hydrogens (tertiary/aromatic N) is 2. The van der Waals surface area contributed by atoms with Crippen LogP contribution < -0.4 is 14.4 Å². The summed E-state index contributed by atoms with van der Waals surface area (Å²) in [5.74, 6) is -0.0549. The first-order chi connectivity index (χ1) is 21.1. The smallest absolute Gasteiger partial charge is 0.264 e. The summed E-state index contributed by atoms with van der Waals surface area (Å²) in [4.78, 5) is 29.7. The molecule has 44 heavy (non-hydrogen) atoms. The van der Waals surface area contributed by atoms with Crippen molar-refractivity contribution < 1.29 is 22.7 Å². The molecule has 1 N–H and O–H groups in total. The van der Waals surface area contributed by atoms with Crippen LogP contribution >= 0.6 is 0 Å². The van der Waals surface area contributed by atoms with E-state index in [1.807, 2.05) is 52.0 Å². The number of amides is 2. The van der Waals surface area contributed by atoms with Crippen molar-refractivity contribution in [2.45, 2.75) is 89.7 Å². The average molecular weight is 620 g/mol. The topological polar surface area (TPSA) is 96.0 Å². The van der Waals surface area contributed by atoms with Crippen molar-refractivity contribution in [2.75, 3.05) is 17.5 Å². The number of rotatable bonds is 13. The van der Waals surface area contributed by atoms with Gasteiger partial charge in [-0.3, -0.25) is 13.9 Å². The zero-order valence-corrected chi connectivity index (χ0v) is 27.1. The number of benzene rings is 3. The van der Waals surface area contributed by atoms with Crippen LogP contribution in [0.1, 0.15) is 69.1 Å². The number of carbonyl (C=O) groups is 2. The molecule has 236 valence electrons. The van der Waals surface area contributed by atoms with Gasteiger partial charge in [-0.1, -0.05) is 68.1 Å². The molecular weight excluding hydrogens is 574 g/mol. The molecule has 1 atom stereocenters. The van der Waals surface area contributed by atoms with Crippen LogP contribution in [-0.2, 0) is 26.2 Å². The van der Waals surface area contributed by atoms with E-state index in [-0.39, 0.29) is 23.4 Å². The van der Waals surface area contributed by atoms with Gasteiger partial charge in [-0.2, -0.15) is 0 Å². The van der Waals surface area contributed by atoms with Gasteiger partial charge in [0.05, 0.1) is 17.2 Å². The minimum absolute atomic E-state index is 0.0809. The SMILES string of the molecule is CCOc1ccc(N(CC(=O)N(Cc2ccccc2C)[C@H](CC)C(=O)NC2CCCCC2)S(=O)(=O)c2ccc(C)cc2)cc1. The van der Waals surface area contributed by atoms with Crippen LogP contribution in [0.5, 0.6) is 5.75 Å². The summed E-state index contributed by atoms with van der Waals surface area (Å²) in [5.41, 5.74) is 3.15. The highest BCUT2D eigenvalue weighted by molar-refractivity contribution is 7.92. The third kappa shape index (κ3) is 8.20. The van der Waals surface area contributed by atoms with E-state index in [1.165, 1.54) is 0 Å². The predicted octanol–water partition coefficient (Wildman–Crippen LogP) is 6.15. The van der Waals surface area contributed by atoms with Crippen molar-refractivity contribution in [3.05, 3.63) is 89.5 Å². The summed E-state index contributed by atoms with van der Waals surface area (Å²) in [6.07, 6.45) is 5.55. The number of aryl methyl sites for hydroxylation is 2. The van der Waals surface area contributed by atoms with Crippen LogP contribution in [0.15, 0.2) is 77.7 Å². The Morgan fingerprint density at radius 1 is 0.909 bits per heavy atom. The molecule has 1 aliphatic carbocycles. The van der Waals surface area contributed by atoms with Crippen LogP contribution in [0.4, 0.5) is 5.69 Å². The molecule has 2 amide bonds. The molecular formula is C35H45N3O5S. The third-order valence-electron chi connectivity index (χ3n) is 8.26. The minimum atomic E-state index is -4.14. The summed E-state index contributed by atoms with van der Waals surface area (Å²) >= 11 is 0. The average Bonchev–Trinajstić information content (AvgIpc) is 3.02. The number of carbonyl (C=O) groups excluding carboxylic acids is 2. The van der Waals surface area contributed by atoms with Gasteiger partial charge in [-0.15, -0.1) is 0 Å². The Labute approximate surface area is 262 Å². The van der Waals surface area contributed by atoms with Gasteiger partial charge in [0.2, 0.25) is 11.8 Å². The molecule has 0 saturated heterocycles. The molecule has 9 heteroatoms. The number of ether oxygens (including phenoxy) is 1. The van der Waals surface area contributed by atoms with Gasteiger partial charge in [0.1, 0.15) is 18.3 Å². The van der Waals surface area contributed by atoms with Crippen molar-refractivity contribution in [3.63, 3.8) is 0 Å². The largest absolute Gasteiger partial charge is 0.494 e. The van der Waals surface area contributed by atoms with E-state index in [9.17, 15) is 18.0 Å². The van der Waals surface area contributed by atoms with Crippen molar-refractivity contribution in [2.24, 2.45) is 0 Å². The number of hydrogen-bond donors (Lipinski definition) is 1. The normalized spacial score (nSPS) is 14.5. The zero-order valence-electron chi connectivity index (χ0n) is 26.3. The highest BCUT2D eigenvalue weighted by atomic mass is 32.2. The maximum absolute atomic E-state index is 14.4. The monoisotopic (exact) mass is 619 g/mol. The molecule has 4 rings (SSSR count). The van der Waals surface area contributed by atoms with Gasteiger partial charge >= 0.3 is 0 Å². The fourth-order valence-electron chi connectivity index (χ4n) is 5.68. The van der Waals surface area contributed by atoms with Crippen molar-refractivity contribution >= 4 is 27.5 Å². The highest BCUT2D eigenvalue weighted by Crippen LogP contribution is 2.27. The van der Waals surface area contributed by atoms with E-state index in [1.54, 1.807) is 53.4 Å². The molecule has 8 nitrogen and oxygen atoms in total. The lowest BCUT2D eigenvalue weighted by molar-refractivity contribution is -0.140. The Morgan fingerprint density at radius 2 is 1.57 bits per heavy atom. The second kappa shape index (κ2) is 15.2. The second-order valence-corrected chi connectivity index (χ2v) is 13.3. The van der Waals surface area contributed by atoms with Gasteiger partial charge in [-0.05, 0) is 87.6 Å². The molecule has 0 bridgehead atoms. The van der Waals surface area contributed by atoms with Crippen LogP contribution in [0.25, 0.3) is 0 Å². The Hall–Kier alpha value is -3.85. The molecule has 3 aromatic carbocycles. The number of nitrogens with one attached hydrogen (secondary N) is 1. The van der Waals surface area contributed by atoms with Gasteiger partial charge in [0.25, 0.3) is 10.0 Å². The quantitative estimate of drug-likeness (QED) is 0.248. The first kappa shape index (κ1) is 33.1. The predicted molar refractivity (Wildman–Crippen MR) is 174 cm³/mol. The molecule has 1 fully saturated rings. The summed E-state index contributed by atoms with van der Waals surface area (Å²) in [6.45, 7) is 7.80. The second-order valence-electron chi connectivity index (χ2n) is 11.5. The van der Waals surface area contributed by atoms with Crippen LogP contribution in [0.2, 0.25) is 0 Å². The lowest BCUT2D eigenvalue weighted by atomic mass is 9.95. The molecule has 0 aromatic heterocycles. The van der Waals surface area contributed by atoms with Crippen molar-refractivity contribution in [1.29, 1.82) is 0 Å². The summed E-state index contributed by atoms with van der Waals surface area (Å²) in [5, 5.41) is 3.19. The fourth-order valence-corrected chi connectivity index (χ4v) is 7.09. The van der Waals surface area contributed by atoms with Crippen LogP contribution in [0.3, 0.4) is 0 Å². The summed E-state index contributed by atoms with van der Waals surface area (Å²) in [6, 6.07) is 20.3. The van der Waals surface area contributed by atoms with Gasteiger partial charge < -0.3 is 15.0 Å². The number of anilines is 1. The van der Waals surface area contributed by atoms with Crippen LogP contribution in [0, 0.1) is 13.8 Å². The fraction of sp³-hybridized carbons (Fsp3) is 0.429. The van der Waals surface area contributed by atoms with Gasteiger partial charge in [0, 0.05) is 12.6 Å². The Kier molecular flexibility index (Phi) is 11.4.